The van der Waals surface area contributed by atoms with E-state index in [1.807, 2.05) is 18.2 Å². The van der Waals surface area contributed by atoms with Gasteiger partial charge in [-0.05, 0) is 37.8 Å². The Morgan fingerprint density at radius 3 is 2.75 bits per heavy atom. The first kappa shape index (κ1) is 17.2. The number of benzene rings is 1. The number of hydrogen-bond acceptors (Lipinski definition) is 3. The summed E-state index contributed by atoms with van der Waals surface area (Å²) in [7, 11) is 1.74. The van der Waals surface area contributed by atoms with Crippen molar-refractivity contribution >= 4 is 29.1 Å². The van der Waals surface area contributed by atoms with Crippen LogP contribution in [-0.4, -0.2) is 42.4 Å². The van der Waals surface area contributed by atoms with Gasteiger partial charge in [0.2, 0.25) is 11.8 Å². The van der Waals surface area contributed by atoms with Gasteiger partial charge in [0, 0.05) is 25.6 Å². The van der Waals surface area contributed by atoms with Gasteiger partial charge in [0.25, 0.3) is 0 Å². The lowest BCUT2D eigenvalue weighted by atomic mass is 9.85. The summed E-state index contributed by atoms with van der Waals surface area (Å²) in [4.78, 5) is 28.9. The van der Waals surface area contributed by atoms with E-state index in [1.165, 1.54) is 0 Å². The van der Waals surface area contributed by atoms with Gasteiger partial charge in [0.05, 0.1) is 10.7 Å². The Balaban J connectivity index is 1.70. The minimum absolute atomic E-state index is 0.0458. The highest BCUT2D eigenvalue weighted by atomic mass is 35.5. The first-order valence-electron chi connectivity index (χ1n) is 8.57. The number of rotatable bonds is 3. The molecule has 0 spiro atoms. The van der Waals surface area contributed by atoms with E-state index in [1.54, 1.807) is 22.9 Å². The molecule has 1 aliphatic heterocycles. The fourth-order valence-corrected chi connectivity index (χ4v) is 4.07. The summed E-state index contributed by atoms with van der Waals surface area (Å²) in [6, 6.07) is 7.00. The Morgan fingerprint density at radius 1 is 1.29 bits per heavy atom. The molecule has 1 aromatic carbocycles. The van der Waals surface area contributed by atoms with Crippen LogP contribution in [-0.2, 0) is 9.59 Å². The molecule has 0 unspecified atom stereocenters. The lowest BCUT2D eigenvalue weighted by molar-refractivity contribution is -0.141. The summed E-state index contributed by atoms with van der Waals surface area (Å²) in [5, 5.41) is 0.554. The number of amides is 2. The molecule has 1 aromatic rings. The van der Waals surface area contributed by atoms with Crippen molar-refractivity contribution in [1.82, 2.24) is 4.90 Å². The summed E-state index contributed by atoms with van der Waals surface area (Å²) in [6.07, 6.45) is 4.18. The molecule has 6 heteroatoms. The number of carbonyl (C=O) groups is 2. The van der Waals surface area contributed by atoms with E-state index in [2.05, 4.69) is 0 Å². The van der Waals surface area contributed by atoms with E-state index in [4.69, 9.17) is 17.3 Å². The van der Waals surface area contributed by atoms with E-state index < -0.39 is 6.04 Å². The zero-order valence-corrected chi connectivity index (χ0v) is 14.7. The third-order valence-electron chi connectivity index (χ3n) is 5.20. The van der Waals surface area contributed by atoms with E-state index in [0.29, 0.717) is 23.7 Å². The standard InChI is InChI=1S/C18H24ClN3O2/c1-21(17(23)12-5-4-6-13(20)11-12)16-9-10-22(18(16)24)15-8-3-2-7-14(15)19/h2-3,7-8,12-13,16H,4-6,9-11,20H2,1H3/t12-,13-,16+/m1/s1. The van der Waals surface area contributed by atoms with E-state index in [-0.39, 0.29) is 23.8 Å². The second kappa shape index (κ2) is 7.11. The van der Waals surface area contributed by atoms with Crippen LogP contribution in [0.4, 0.5) is 5.69 Å². The van der Waals surface area contributed by atoms with Crippen LogP contribution >= 0.6 is 11.6 Å². The van der Waals surface area contributed by atoms with Crippen molar-refractivity contribution in [2.45, 2.75) is 44.2 Å². The molecule has 2 aliphatic rings. The summed E-state index contributed by atoms with van der Waals surface area (Å²) in [5.74, 6) is -0.0653. The monoisotopic (exact) mass is 349 g/mol. The van der Waals surface area contributed by atoms with Crippen LogP contribution in [0, 0.1) is 5.92 Å². The van der Waals surface area contributed by atoms with Crippen molar-refractivity contribution in [2.24, 2.45) is 11.7 Å². The first-order valence-corrected chi connectivity index (χ1v) is 8.95. The predicted molar refractivity (Wildman–Crippen MR) is 94.9 cm³/mol. The van der Waals surface area contributed by atoms with Gasteiger partial charge >= 0.3 is 0 Å². The third kappa shape index (κ3) is 3.28. The fourth-order valence-electron chi connectivity index (χ4n) is 3.83. The molecule has 0 bridgehead atoms. The molecule has 0 radical (unpaired) electrons. The molecule has 0 aromatic heterocycles. The minimum Gasteiger partial charge on any atom is -0.333 e. The lowest BCUT2D eigenvalue weighted by Crippen LogP contribution is -2.47. The second-order valence-corrected chi connectivity index (χ2v) is 7.23. The van der Waals surface area contributed by atoms with Gasteiger partial charge in [-0.3, -0.25) is 9.59 Å². The minimum atomic E-state index is -0.410. The number of anilines is 1. The van der Waals surface area contributed by atoms with Crippen molar-refractivity contribution in [1.29, 1.82) is 0 Å². The van der Waals surface area contributed by atoms with Gasteiger partial charge in [-0.2, -0.15) is 0 Å². The number of hydrogen-bond donors (Lipinski definition) is 1. The van der Waals surface area contributed by atoms with Gasteiger partial charge < -0.3 is 15.5 Å². The molecular weight excluding hydrogens is 326 g/mol. The lowest BCUT2D eigenvalue weighted by Gasteiger charge is -2.31. The van der Waals surface area contributed by atoms with Gasteiger partial charge in [-0.25, -0.2) is 0 Å². The fraction of sp³-hybridized carbons (Fsp3) is 0.556. The van der Waals surface area contributed by atoms with Crippen LogP contribution in [0.25, 0.3) is 0 Å². The Bertz CT molecular complexity index is 636. The van der Waals surface area contributed by atoms with Crippen LogP contribution < -0.4 is 10.6 Å². The molecule has 5 nitrogen and oxygen atoms in total. The zero-order chi connectivity index (χ0) is 17.3. The number of likely N-dealkylation sites (N-methyl/N-ethyl adjacent to an activating group) is 1. The van der Waals surface area contributed by atoms with E-state index in [9.17, 15) is 9.59 Å². The Kier molecular flexibility index (Phi) is 5.11. The van der Waals surface area contributed by atoms with Crippen LogP contribution in [0.15, 0.2) is 24.3 Å². The number of carbonyl (C=O) groups excluding carboxylic acids is 2. The maximum atomic E-state index is 12.8. The Labute approximate surface area is 147 Å². The molecule has 24 heavy (non-hydrogen) atoms. The van der Waals surface area contributed by atoms with Gasteiger partial charge in [0.1, 0.15) is 6.04 Å². The van der Waals surface area contributed by atoms with Crippen LogP contribution in [0.5, 0.6) is 0 Å². The maximum Gasteiger partial charge on any atom is 0.249 e. The van der Waals surface area contributed by atoms with Crippen molar-refractivity contribution < 1.29 is 9.59 Å². The van der Waals surface area contributed by atoms with Gasteiger partial charge in [-0.1, -0.05) is 30.2 Å². The average Bonchev–Trinajstić information content (AvgIpc) is 2.95. The third-order valence-corrected chi connectivity index (χ3v) is 5.52. The average molecular weight is 350 g/mol. The molecule has 3 rings (SSSR count). The highest BCUT2D eigenvalue weighted by Crippen LogP contribution is 2.31. The number of para-hydroxylation sites is 1. The summed E-state index contributed by atoms with van der Waals surface area (Å²) >= 11 is 6.21. The van der Waals surface area contributed by atoms with Crippen molar-refractivity contribution in [3.8, 4) is 0 Å². The molecule has 1 heterocycles. The van der Waals surface area contributed by atoms with Gasteiger partial charge in [-0.15, -0.1) is 0 Å². The molecule has 1 saturated heterocycles. The topological polar surface area (TPSA) is 66.6 Å². The summed E-state index contributed by atoms with van der Waals surface area (Å²) in [5.41, 5.74) is 6.71. The Morgan fingerprint density at radius 2 is 2.04 bits per heavy atom. The Hall–Kier alpha value is -1.59. The number of nitrogens with two attached hydrogens (primary N) is 1. The maximum absolute atomic E-state index is 12.8. The molecule has 1 aliphatic carbocycles. The van der Waals surface area contributed by atoms with E-state index >= 15 is 0 Å². The smallest absolute Gasteiger partial charge is 0.249 e. The predicted octanol–water partition coefficient (Wildman–Crippen LogP) is 2.42. The van der Waals surface area contributed by atoms with Crippen molar-refractivity contribution in [3.63, 3.8) is 0 Å². The van der Waals surface area contributed by atoms with E-state index in [0.717, 1.165) is 25.7 Å². The SMILES string of the molecule is CN(C(=O)[C@@H]1CCC[C@@H](N)C1)[C@H]1CCN(c2ccccc2Cl)C1=O. The van der Waals surface area contributed by atoms with Crippen LogP contribution in [0.1, 0.15) is 32.1 Å². The summed E-state index contributed by atoms with van der Waals surface area (Å²) < 4.78 is 0. The quantitative estimate of drug-likeness (QED) is 0.911. The molecule has 2 amide bonds. The van der Waals surface area contributed by atoms with Crippen molar-refractivity contribution in [3.05, 3.63) is 29.3 Å². The number of halogens is 1. The van der Waals surface area contributed by atoms with Crippen LogP contribution in [0.2, 0.25) is 5.02 Å². The second-order valence-electron chi connectivity index (χ2n) is 6.82. The molecule has 2 fully saturated rings. The zero-order valence-electron chi connectivity index (χ0n) is 14.0. The molecule has 1 saturated carbocycles. The first-order chi connectivity index (χ1) is 11.5. The highest BCUT2D eigenvalue weighted by Gasteiger charge is 2.39. The molecule has 130 valence electrons. The van der Waals surface area contributed by atoms with Crippen molar-refractivity contribution in [2.75, 3.05) is 18.5 Å². The van der Waals surface area contributed by atoms with Crippen LogP contribution in [0.3, 0.4) is 0 Å². The van der Waals surface area contributed by atoms with Gasteiger partial charge in [0.15, 0.2) is 0 Å². The summed E-state index contributed by atoms with van der Waals surface area (Å²) in [6.45, 7) is 0.578. The number of nitrogens with zero attached hydrogens (tertiary/aromatic N) is 2. The largest absolute Gasteiger partial charge is 0.333 e. The normalized spacial score (nSPS) is 27.4. The highest BCUT2D eigenvalue weighted by molar-refractivity contribution is 6.34. The molecule has 2 N–H and O–H groups in total. The molecular formula is C18H24ClN3O2. The molecule has 3 atom stereocenters.